The number of hydrogen-bond donors (Lipinski definition) is 1. The summed E-state index contributed by atoms with van der Waals surface area (Å²) in [5.74, 6) is 0. The van der Waals surface area contributed by atoms with E-state index in [2.05, 4.69) is 0 Å². The first-order valence-electron chi connectivity index (χ1n) is 3.37. The zero-order chi connectivity index (χ0) is 6.32. The monoisotopic (exact) mass is 129 g/mol. The maximum Gasteiger partial charge on any atom is 0.160 e. The summed E-state index contributed by atoms with van der Waals surface area (Å²) in [4.78, 5) is 0. The smallest absolute Gasteiger partial charge is 0.160 e. The summed E-state index contributed by atoms with van der Waals surface area (Å²) < 4.78 is 10.6. The Morgan fingerprint density at radius 3 is 3.11 bits per heavy atom. The molecule has 2 bridgehead atoms. The molecule has 0 aromatic rings. The molecule has 0 radical (unpaired) electrons. The van der Waals surface area contributed by atoms with Gasteiger partial charge in [-0.25, -0.2) is 0 Å². The molecule has 3 nitrogen and oxygen atoms in total. The number of hydrogen-bond acceptors (Lipinski definition) is 3. The van der Waals surface area contributed by atoms with Gasteiger partial charge in [0.1, 0.15) is 5.72 Å². The summed E-state index contributed by atoms with van der Waals surface area (Å²) in [7, 11) is 0. The Labute approximate surface area is 54.1 Å². The third kappa shape index (κ3) is 0.852. The first kappa shape index (κ1) is 5.65. The second-order valence-electron chi connectivity index (χ2n) is 2.82. The van der Waals surface area contributed by atoms with Gasteiger partial charge in [0.05, 0.1) is 6.61 Å². The van der Waals surface area contributed by atoms with Crippen LogP contribution in [0, 0.1) is 0 Å². The van der Waals surface area contributed by atoms with Crippen LogP contribution in [0.15, 0.2) is 0 Å². The third-order valence-corrected chi connectivity index (χ3v) is 1.92. The van der Waals surface area contributed by atoms with Gasteiger partial charge in [0.25, 0.3) is 0 Å². The lowest BCUT2D eigenvalue weighted by Gasteiger charge is -2.26. The molecule has 0 amide bonds. The predicted molar refractivity (Wildman–Crippen MR) is 31.6 cm³/mol. The second kappa shape index (κ2) is 1.68. The molecule has 2 rings (SSSR count). The van der Waals surface area contributed by atoms with Crippen molar-refractivity contribution in [3.63, 3.8) is 0 Å². The fraction of sp³-hybridized carbons (Fsp3) is 1.00. The fourth-order valence-corrected chi connectivity index (χ4v) is 1.41. The molecule has 9 heavy (non-hydrogen) atoms. The summed E-state index contributed by atoms with van der Waals surface area (Å²) in [6.07, 6.45) is 3.10. The Morgan fingerprint density at radius 1 is 1.56 bits per heavy atom. The largest absolute Gasteiger partial charge is 0.348 e. The Balaban J connectivity index is 2.13. The van der Waals surface area contributed by atoms with Crippen molar-refractivity contribution in [1.82, 2.24) is 0 Å². The molecule has 2 aliphatic rings. The SMILES string of the molecule is N[C@]12CCC[C@H](OC1)O2. The molecule has 0 aliphatic carbocycles. The van der Waals surface area contributed by atoms with Crippen molar-refractivity contribution < 1.29 is 9.47 Å². The van der Waals surface area contributed by atoms with E-state index in [1.807, 2.05) is 0 Å². The van der Waals surface area contributed by atoms with Gasteiger partial charge in [-0.3, -0.25) is 0 Å². The lowest BCUT2D eigenvalue weighted by molar-refractivity contribution is -0.117. The molecular weight excluding hydrogens is 118 g/mol. The van der Waals surface area contributed by atoms with Crippen LogP contribution in [0.1, 0.15) is 19.3 Å². The van der Waals surface area contributed by atoms with E-state index < -0.39 is 5.72 Å². The van der Waals surface area contributed by atoms with Crippen molar-refractivity contribution >= 4 is 0 Å². The minimum absolute atomic E-state index is 0.00347. The predicted octanol–water partition coefficient (Wildman–Crippen LogP) is 0.198. The highest BCUT2D eigenvalue weighted by Gasteiger charge is 2.40. The molecule has 0 aromatic heterocycles. The molecule has 2 N–H and O–H groups in total. The Kier molecular flexibility index (Phi) is 1.06. The molecule has 2 heterocycles. The number of rotatable bonds is 0. The van der Waals surface area contributed by atoms with E-state index in [-0.39, 0.29) is 6.29 Å². The van der Waals surface area contributed by atoms with E-state index in [1.54, 1.807) is 0 Å². The standard InChI is InChI=1S/C6H11NO2/c7-6-3-1-2-5(9-6)8-4-6/h5H,1-4,7H2/t5-,6+/m1/s1. The zero-order valence-electron chi connectivity index (χ0n) is 5.30. The molecule has 0 unspecified atom stereocenters. The third-order valence-electron chi connectivity index (χ3n) is 1.92. The van der Waals surface area contributed by atoms with Gasteiger partial charge in [-0.05, 0) is 19.3 Å². The average molecular weight is 129 g/mol. The number of ether oxygens (including phenoxy) is 2. The van der Waals surface area contributed by atoms with Crippen molar-refractivity contribution in [3.8, 4) is 0 Å². The summed E-state index contributed by atoms with van der Waals surface area (Å²) in [6, 6.07) is 0. The van der Waals surface area contributed by atoms with Gasteiger partial charge in [-0.15, -0.1) is 0 Å². The van der Waals surface area contributed by atoms with E-state index in [9.17, 15) is 0 Å². The van der Waals surface area contributed by atoms with Gasteiger partial charge in [0, 0.05) is 0 Å². The van der Waals surface area contributed by atoms with Crippen LogP contribution in [0.2, 0.25) is 0 Å². The van der Waals surface area contributed by atoms with Crippen LogP contribution in [-0.4, -0.2) is 18.6 Å². The van der Waals surface area contributed by atoms with Crippen LogP contribution in [0.4, 0.5) is 0 Å². The number of nitrogens with two attached hydrogens (primary N) is 1. The van der Waals surface area contributed by atoms with Crippen LogP contribution in [0.3, 0.4) is 0 Å². The van der Waals surface area contributed by atoms with Crippen molar-refractivity contribution in [1.29, 1.82) is 0 Å². The van der Waals surface area contributed by atoms with E-state index in [0.717, 1.165) is 19.3 Å². The molecule has 2 atom stereocenters. The molecule has 0 saturated carbocycles. The van der Waals surface area contributed by atoms with Gasteiger partial charge in [-0.2, -0.15) is 0 Å². The number of fused-ring (bicyclic) bond motifs is 2. The molecular formula is C6H11NO2. The molecule has 0 aromatic carbocycles. The van der Waals surface area contributed by atoms with Crippen molar-refractivity contribution in [3.05, 3.63) is 0 Å². The maximum atomic E-state index is 5.75. The van der Waals surface area contributed by atoms with Gasteiger partial charge in [0.15, 0.2) is 6.29 Å². The fourth-order valence-electron chi connectivity index (χ4n) is 1.41. The molecule has 2 aliphatic heterocycles. The quantitative estimate of drug-likeness (QED) is 0.508. The minimum Gasteiger partial charge on any atom is -0.348 e. The Bertz CT molecular complexity index is 124. The molecule has 2 fully saturated rings. The van der Waals surface area contributed by atoms with Gasteiger partial charge >= 0.3 is 0 Å². The molecule has 52 valence electrons. The zero-order valence-corrected chi connectivity index (χ0v) is 5.30. The highest BCUT2D eigenvalue weighted by Crippen LogP contribution is 2.31. The van der Waals surface area contributed by atoms with E-state index in [1.165, 1.54) is 0 Å². The lowest BCUT2D eigenvalue weighted by Crippen LogP contribution is -2.44. The maximum absolute atomic E-state index is 5.75. The lowest BCUT2D eigenvalue weighted by atomic mass is 10.1. The van der Waals surface area contributed by atoms with Crippen LogP contribution >= 0.6 is 0 Å². The van der Waals surface area contributed by atoms with E-state index in [4.69, 9.17) is 15.2 Å². The van der Waals surface area contributed by atoms with Gasteiger partial charge < -0.3 is 15.2 Å². The van der Waals surface area contributed by atoms with Gasteiger partial charge in [0.2, 0.25) is 0 Å². The Hall–Kier alpha value is -0.120. The van der Waals surface area contributed by atoms with Crippen LogP contribution in [0.25, 0.3) is 0 Å². The summed E-state index contributed by atoms with van der Waals surface area (Å²) in [5.41, 5.74) is 5.33. The summed E-state index contributed by atoms with van der Waals surface area (Å²) in [5, 5.41) is 0. The first-order valence-corrected chi connectivity index (χ1v) is 3.37. The topological polar surface area (TPSA) is 44.5 Å². The van der Waals surface area contributed by atoms with Crippen molar-refractivity contribution in [2.24, 2.45) is 5.73 Å². The van der Waals surface area contributed by atoms with Crippen LogP contribution < -0.4 is 5.73 Å². The van der Waals surface area contributed by atoms with Crippen molar-refractivity contribution in [2.75, 3.05) is 6.61 Å². The van der Waals surface area contributed by atoms with E-state index >= 15 is 0 Å². The second-order valence-corrected chi connectivity index (χ2v) is 2.82. The first-order chi connectivity index (χ1) is 4.29. The average Bonchev–Trinajstić information content (AvgIpc) is 2.07. The van der Waals surface area contributed by atoms with Gasteiger partial charge in [-0.1, -0.05) is 0 Å². The molecule has 2 saturated heterocycles. The minimum atomic E-state index is -0.428. The van der Waals surface area contributed by atoms with Crippen LogP contribution in [-0.2, 0) is 9.47 Å². The van der Waals surface area contributed by atoms with E-state index in [0.29, 0.717) is 6.61 Å². The normalized spacial score (nSPS) is 49.7. The van der Waals surface area contributed by atoms with Crippen molar-refractivity contribution in [2.45, 2.75) is 31.3 Å². The molecule has 0 spiro atoms. The summed E-state index contributed by atoms with van der Waals surface area (Å²) in [6.45, 7) is 0.581. The summed E-state index contributed by atoms with van der Waals surface area (Å²) >= 11 is 0. The van der Waals surface area contributed by atoms with Crippen LogP contribution in [0.5, 0.6) is 0 Å². The highest BCUT2D eigenvalue weighted by molar-refractivity contribution is 4.82. The molecule has 3 heteroatoms. The highest BCUT2D eigenvalue weighted by atomic mass is 16.7. The Morgan fingerprint density at radius 2 is 2.44 bits per heavy atom.